The number of rotatable bonds is 3. The van der Waals surface area contributed by atoms with E-state index in [1.54, 1.807) is 24.3 Å². The molecule has 3 aromatic rings. The van der Waals surface area contributed by atoms with Crippen LogP contribution in [0.1, 0.15) is 0 Å². The standard InChI is InChI=1S/C14H10N2O5/c17-10-5-2-1-4-9(10)15-14(18)20-13-8-12(21-16-13)11-6-3-7-19-11/h1-8,17H,(H,15,18). The Morgan fingerprint density at radius 1 is 1.19 bits per heavy atom. The zero-order chi connectivity index (χ0) is 14.7. The summed E-state index contributed by atoms with van der Waals surface area (Å²) in [5.41, 5.74) is 0.234. The molecule has 0 saturated carbocycles. The summed E-state index contributed by atoms with van der Waals surface area (Å²) < 4.78 is 15.1. The van der Waals surface area contributed by atoms with Crippen LogP contribution in [0.5, 0.6) is 11.6 Å². The van der Waals surface area contributed by atoms with Gasteiger partial charge in [0.25, 0.3) is 5.88 Å². The normalized spacial score (nSPS) is 10.3. The minimum Gasteiger partial charge on any atom is -0.506 e. The van der Waals surface area contributed by atoms with Crippen molar-refractivity contribution in [2.45, 2.75) is 0 Å². The van der Waals surface area contributed by atoms with E-state index in [9.17, 15) is 9.90 Å². The van der Waals surface area contributed by atoms with Gasteiger partial charge in [0, 0.05) is 0 Å². The Labute approximate surface area is 118 Å². The zero-order valence-corrected chi connectivity index (χ0v) is 10.6. The van der Waals surface area contributed by atoms with Gasteiger partial charge in [-0.25, -0.2) is 4.79 Å². The minimum absolute atomic E-state index is 0.0191. The maximum absolute atomic E-state index is 11.7. The molecule has 0 unspecified atom stereocenters. The van der Waals surface area contributed by atoms with Gasteiger partial charge in [0.05, 0.1) is 18.0 Å². The van der Waals surface area contributed by atoms with Gasteiger partial charge in [0.15, 0.2) is 5.76 Å². The molecule has 0 aliphatic heterocycles. The topological polar surface area (TPSA) is 97.7 Å². The molecule has 0 aliphatic carbocycles. The zero-order valence-electron chi connectivity index (χ0n) is 10.6. The van der Waals surface area contributed by atoms with Crippen LogP contribution in [0.25, 0.3) is 11.5 Å². The maximum atomic E-state index is 11.7. The van der Waals surface area contributed by atoms with E-state index < -0.39 is 6.09 Å². The number of nitrogens with one attached hydrogen (secondary N) is 1. The molecule has 0 saturated heterocycles. The summed E-state index contributed by atoms with van der Waals surface area (Å²) in [6.07, 6.45) is 0.694. The predicted molar refractivity (Wildman–Crippen MR) is 72.0 cm³/mol. The lowest BCUT2D eigenvalue weighted by molar-refractivity contribution is 0.210. The van der Waals surface area contributed by atoms with Crippen LogP contribution in [0.2, 0.25) is 0 Å². The fourth-order valence-electron chi connectivity index (χ4n) is 1.65. The third-order valence-corrected chi connectivity index (χ3v) is 2.59. The van der Waals surface area contributed by atoms with Gasteiger partial charge in [-0.15, -0.1) is 0 Å². The van der Waals surface area contributed by atoms with Crippen molar-refractivity contribution in [3.63, 3.8) is 0 Å². The Balaban J connectivity index is 1.67. The van der Waals surface area contributed by atoms with E-state index in [1.165, 1.54) is 24.5 Å². The van der Waals surface area contributed by atoms with Crippen molar-refractivity contribution in [2.75, 3.05) is 5.32 Å². The van der Waals surface area contributed by atoms with Crippen molar-refractivity contribution >= 4 is 11.8 Å². The van der Waals surface area contributed by atoms with Gasteiger partial charge in [-0.2, -0.15) is 0 Å². The smallest absolute Gasteiger partial charge is 0.418 e. The molecule has 7 heteroatoms. The van der Waals surface area contributed by atoms with Crippen molar-refractivity contribution in [3.8, 4) is 23.1 Å². The number of aromatic hydroxyl groups is 1. The quantitative estimate of drug-likeness (QED) is 0.717. The number of aromatic nitrogens is 1. The second-order valence-corrected chi connectivity index (χ2v) is 4.04. The summed E-state index contributed by atoms with van der Waals surface area (Å²) in [6.45, 7) is 0. The lowest BCUT2D eigenvalue weighted by Crippen LogP contribution is -2.16. The lowest BCUT2D eigenvalue weighted by Gasteiger charge is -2.05. The number of benzene rings is 1. The number of phenolic OH excluding ortho intramolecular Hbond substituents is 1. The highest BCUT2D eigenvalue weighted by Crippen LogP contribution is 2.25. The number of hydrogen-bond donors (Lipinski definition) is 2. The highest BCUT2D eigenvalue weighted by Gasteiger charge is 2.14. The van der Waals surface area contributed by atoms with Gasteiger partial charge in [-0.1, -0.05) is 12.1 Å². The van der Waals surface area contributed by atoms with Gasteiger partial charge in [0.2, 0.25) is 5.76 Å². The first-order chi connectivity index (χ1) is 10.2. The summed E-state index contributed by atoms with van der Waals surface area (Å²) in [4.78, 5) is 11.7. The number of anilines is 1. The number of furan rings is 1. The Morgan fingerprint density at radius 3 is 2.81 bits per heavy atom. The van der Waals surface area contributed by atoms with Gasteiger partial charge >= 0.3 is 6.09 Å². The van der Waals surface area contributed by atoms with E-state index in [0.717, 1.165) is 0 Å². The van der Waals surface area contributed by atoms with E-state index in [0.29, 0.717) is 11.5 Å². The monoisotopic (exact) mass is 286 g/mol. The molecule has 0 atom stereocenters. The second kappa shape index (κ2) is 5.41. The van der Waals surface area contributed by atoms with Gasteiger partial charge in [0.1, 0.15) is 5.75 Å². The first-order valence-electron chi connectivity index (χ1n) is 6.00. The summed E-state index contributed by atoms with van der Waals surface area (Å²) in [6, 6.07) is 11.1. The first-order valence-corrected chi connectivity index (χ1v) is 6.00. The number of carbonyl (C=O) groups is 1. The van der Waals surface area contributed by atoms with Gasteiger partial charge < -0.3 is 18.8 Å². The van der Waals surface area contributed by atoms with Crippen LogP contribution in [0.4, 0.5) is 10.5 Å². The number of phenols is 1. The Kier molecular flexibility index (Phi) is 3.30. The fraction of sp³-hybridized carbons (Fsp3) is 0. The third kappa shape index (κ3) is 2.86. The average molecular weight is 286 g/mol. The van der Waals surface area contributed by atoms with Crippen LogP contribution >= 0.6 is 0 Å². The van der Waals surface area contributed by atoms with Crippen LogP contribution in [-0.4, -0.2) is 16.4 Å². The predicted octanol–water partition coefficient (Wildman–Crippen LogP) is 3.25. The average Bonchev–Trinajstić information content (AvgIpc) is 3.12. The molecule has 1 aromatic carbocycles. The van der Waals surface area contributed by atoms with Crippen LogP contribution in [0.3, 0.4) is 0 Å². The Hall–Kier alpha value is -3.22. The van der Waals surface area contributed by atoms with Crippen LogP contribution < -0.4 is 10.1 Å². The van der Waals surface area contributed by atoms with Crippen molar-refractivity contribution < 1.29 is 23.6 Å². The Morgan fingerprint density at radius 2 is 2.05 bits per heavy atom. The first kappa shape index (κ1) is 12.8. The molecule has 0 bridgehead atoms. The molecule has 0 radical (unpaired) electrons. The molecule has 2 N–H and O–H groups in total. The number of amides is 1. The summed E-state index contributed by atoms with van der Waals surface area (Å²) in [5.74, 6) is 0.726. The molecule has 0 fully saturated rings. The molecule has 2 heterocycles. The molecule has 2 aromatic heterocycles. The van der Waals surface area contributed by atoms with Crippen molar-refractivity contribution in [1.29, 1.82) is 0 Å². The van der Waals surface area contributed by atoms with E-state index in [1.807, 2.05) is 0 Å². The van der Waals surface area contributed by atoms with Crippen molar-refractivity contribution in [1.82, 2.24) is 5.16 Å². The molecular weight excluding hydrogens is 276 g/mol. The number of ether oxygens (including phenoxy) is 1. The van der Waals surface area contributed by atoms with E-state index >= 15 is 0 Å². The molecule has 1 amide bonds. The van der Waals surface area contributed by atoms with Crippen LogP contribution in [-0.2, 0) is 0 Å². The molecule has 3 rings (SSSR count). The number of hydrogen-bond acceptors (Lipinski definition) is 6. The van der Waals surface area contributed by atoms with Gasteiger partial charge in [-0.3, -0.25) is 5.32 Å². The van der Waals surface area contributed by atoms with Gasteiger partial charge in [-0.05, 0) is 29.4 Å². The summed E-state index contributed by atoms with van der Waals surface area (Å²) in [5, 5.41) is 15.5. The highest BCUT2D eigenvalue weighted by molar-refractivity contribution is 5.87. The van der Waals surface area contributed by atoms with E-state index in [2.05, 4.69) is 10.5 Å². The summed E-state index contributed by atoms with van der Waals surface area (Å²) >= 11 is 0. The lowest BCUT2D eigenvalue weighted by atomic mass is 10.3. The second-order valence-electron chi connectivity index (χ2n) is 4.04. The maximum Gasteiger partial charge on any atom is 0.418 e. The largest absolute Gasteiger partial charge is 0.506 e. The SMILES string of the molecule is O=C(Nc1ccccc1O)Oc1cc(-c2ccco2)on1. The van der Waals surface area contributed by atoms with Crippen molar-refractivity contribution in [3.05, 3.63) is 48.7 Å². The van der Waals surface area contributed by atoms with E-state index in [-0.39, 0.29) is 17.3 Å². The molecule has 7 nitrogen and oxygen atoms in total. The molecule has 0 aliphatic rings. The molecular formula is C14H10N2O5. The summed E-state index contributed by atoms with van der Waals surface area (Å²) in [7, 11) is 0. The van der Waals surface area contributed by atoms with Crippen LogP contribution in [0, 0.1) is 0 Å². The fourth-order valence-corrected chi connectivity index (χ4v) is 1.65. The molecule has 21 heavy (non-hydrogen) atoms. The molecule has 0 spiro atoms. The molecule has 106 valence electrons. The third-order valence-electron chi connectivity index (χ3n) is 2.59. The van der Waals surface area contributed by atoms with E-state index in [4.69, 9.17) is 13.7 Å². The number of nitrogens with zero attached hydrogens (tertiary/aromatic N) is 1. The van der Waals surface area contributed by atoms with Crippen LogP contribution in [0.15, 0.2) is 57.7 Å². The van der Waals surface area contributed by atoms with Crippen molar-refractivity contribution in [2.24, 2.45) is 0 Å². The minimum atomic E-state index is -0.796. The highest BCUT2D eigenvalue weighted by atomic mass is 16.6. The Bertz CT molecular complexity index is 748. The number of para-hydroxylation sites is 2. The number of carbonyl (C=O) groups excluding carboxylic acids is 1.